The second-order valence-electron chi connectivity index (χ2n) is 6.39. The highest BCUT2D eigenvalue weighted by atomic mass is 16.5. The van der Waals surface area contributed by atoms with Crippen LogP contribution >= 0.6 is 0 Å². The maximum atomic E-state index is 12.1. The second kappa shape index (κ2) is 7.65. The van der Waals surface area contributed by atoms with Gasteiger partial charge in [-0.25, -0.2) is 0 Å². The summed E-state index contributed by atoms with van der Waals surface area (Å²) >= 11 is 0. The number of nitrogens with zero attached hydrogens (tertiary/aromatic N) is 1. The summed E-state index contributed by atoms with van der Waals surface area (Å²) in [5.41, 5.74) is 0.901. The third kappa shape index (κ3) is 4.17. The van der Waals surface area contributed by atoms with Crippen LogP contribution in [0.25, 0.3) is 0 Å². The van der Waals surface area contributed by atoms with Gasteiger partial charge in [-0.1, -0.05) is 12.1 Å². The van der Waals surface area contributed by atoms with E-state index in [1.165, 1.54) is 11.9 Å². The normalized spacial score (nSPS) is 21.5. The summed E-state index contributed by atoms with van der Waals surface area (Å²) in [7, 11) is 1.52. The van der Waals surface area contributed by atoms with Crippen LogP contribution in [0, 0.1) is 5.92 Å². The first kappa shape index (κ1) is 17.4. The zero-order valence-corrected chi connectivity index (χ0v) is 14.2. The predicted molar refractivity (Wildman–Crippen MR) is 88.9 cm³/mol. The number of likely N-dealkylation sites (N-methyl/N-ethyl adjacent to an activating group) is 1. The molecule has 1 N–H and O–H groups in total. The number of amides is 2. The van der Waals surface area contributed by atoms with Crippen molar-refractivity contribution in [2.75, 3.05) is 26.8 Å². The molecule has 0 aromatic heterocycles. The molecule has 7 nitrogen and oxygen atoms in total. The molecule has 2 saturated heterocycles. The molecule has 0 saturated carbocycles. The molecule has 1 aromatic rings. The third-order valence-electron chi connectivity index (χ3n) is 4.51. The van der Waals surface area contributed by atoms with Gasteiger partial charge in [0.05, 0.1) is 13.2 Å². The van der Waals surface area contributed by atoms with Crippen LogP contribution < -0.4 is 10.1 Å². The Hall–Kier alpha value is -2.41. The summed E-state index contributed by atoms with van der Waals surface area (Å²) in [4.78, 5) is 36.6. The van der Waals surface area contributed by atoms with Crippen molar-refractivity contribution in [3.8, 4) is 5.75 Å². The third-order valence-corrected chi connectivity index (χ3v) is 4.51. The molecule has 7 heteroatoms. The smallest absolute Gasteiger partial charge is 0.290 e. The number of benzene rings is 1. The topological polar surface area (TPSA) is 84.9 Å². The Labute approximate surface area is 146 Å². The molecular weight excluding hydrogens is 324 g/mol. The lowest BCUT2D eigenvalue weighted by Gasteiger charge is -2.23. The molecule has 0 radical (unpaired) electrons. The molecule has 3 rings (SSSR count). The van der Waals surface area contributed by atoms with Crippen molar-refractivity contribution in [2.45, 2.75) is 25.5 Å². The van der Waals surface area contributed by atoms with Crippen LogP contribution in [0.15, 0.2) is 24.3 Å². The van der Waals surface area contributed by atoms with Crippen molar-refractivity contribution in [3.05, 3.63) is 29.8 Å². The molecule has 2 aliphatic rings. The summed E-state index contributed by atoms with van der Waals surface area (Å²) in [5, 5.41) is 2.72. The van der Waals surface area contributed by atoms with Crippen molar-refractivity contribution in [1.82, 2.24) is 10.2 Å². The summed E-state index contributed by atoms with van der Waals surface area (Å²) in [6.45, 7) is 1.90. The zero-order valence-electron chi connectivity index (χ0n) is 14.2. The zero-order chi connectivity index (χ0) is 17.8. The van der Waals surface area contributed by atoms with Crippen LogP contribution in [0.4, 0.5) is 0 Å². The molecule has 0 spiro atoms. The number of nitrogens with one attached hydrogen (secondary N) is 1. The summed E-state index contributed by atoms with van der Waals surface area (Å²) in [6.07, 6.45) is 1.96. The lowest BCUT2D eigenvalue weighted by Crippen LogP contribution is -2.35. The lowest BCUT2D eigenvalue weighted by atomic mass is 10.1. The van der Waals surface area contributed by atoms with Gasteiger partial charge in [0.1, 0.15) is 17.8 Å². The van der Waals surface area contributed by atoms with E-state index in [-0.39, 0.29) is 12.6 Å². The molecule has 2 fully saturated rings. The lowest BCUT2D eigenvalue weighted by molar-refractivity contribution is -0.142. The largest absolute Gasteiger partial charge is 0.490 e. The minimum Gasteiger partial charge on any atom is -0.490 e. The number of ketones is 1. The van der Waals surface area contributed by atoms with E-state index in [0.29, 0.717) is 6.54 Å². The van der Waals surface area contributed by atoms with Crippen LogP contribution in [-0.4, -0.2) is 55.4 Å². The number of likely N-dealkylation sites (tertiary alicyclic amines) is 1. The van der Waals surface area contributed by atoms with Gasteiger partial charge in [-0.05, 0) is 17.7 Å². The number of rotatable bonds is 5. The number of Topliss-reactive ketones (excluding diaryl/α,β-unsaturated/α-hetero) is 1. The fraction of sp³-hybridized carbons (Fsp3) is 0.500. The fourth-order valence-electron chi connectivity index (χ4n) is 2.96. The van der Waals surface area contributed by atoms with Crippen LogP contribution in [0.3, 0.4) is 0 Å². The molecule has 0 aliphatic carbocycles. The molecular formula is C18H22N2O5. The van der Waals surface area contributed by atoms with E-state index in [2.05, 4.69) is 5.32 Å². The minimum absolute atomic E-state index is 0.140. The highest BCUT2D eigenvalue weighted by molar-refractivity contribution is 6.42. The molecule has 25 heavy (non-hydrogen) atoms. The highest BCUT2D eigenvalue weighted by Crippen LogP contribution is 2.19. The Balaban J connectivity index is 1.49. The number of hydrogen-bond acceptors (Lipinski definition) is 5. The first-order chi connectivity index (χ1) is 12.0. The van der Waals surface area contributed by atoms with Crippen molar-refractivity contribution in [3.63, 3.8) is 0 Å². The average molecular weight is 346 g/mol. The molecule has 1 atom stereocenters. The van der Waals surface area contributed by atoms with Crippen LogP contribution in [0.1, 0.15) is 18.4 Å². The van der Waals surface area contributed by atoms with Gasteiger partial charge >= 0.3 is 0 Å². The molecule has 134 valence electrons. The van der Waals surface area contributed by atoms with Crippen LogP contribution in [0.5, 0.6) is 5.75 Å². The summed E-state index contributed by atoms with van der Waals surface area (Å²) in [6, 6.07) is 7.50. The maximum Gasteiger partial charge on any atom is 0.290 e. The predicted octanol–water partition coefficient (Wildman–Crippen LogP) is 0.518. The molecule has 1 unspecified atom stereocenters. The van der Waals surface area contributed by atoms with Crippen LogP contribution in [-0.2, 0) is 25.7 Å². The Morgan fingerprint density at radius 1 is 1.24 bits per heavy atom. The van der Waals surface area contributed by atoms with Gasteiger partial charge in [0.2, 0.25) is 11.7 Å². The van der Waals surface area contributed by atoms with E-state index in [4.69, 9.17) is 9.47 Å². The molecule has 0 bridgehead atoms. The maximum absolute atomic E-state index is 12.1. The Morgan fingerprint density at radius 3 is 2.52 bits per heavy atom. The standard InChI is InChI=1S/C18H22N2O5/c1-20-11-15(16(21)18(20)23)17(22)19-10-12-2-4-13(5-3-12)25-14-6-8-24-9-7-14/h2-5,14-15H,6-11H2,1H3,(H,19,22). The van der Waals surface area contributed by atoms with Crippen molar-refractivity contribution >= 4 is 17.6 Å². The fourth-order valence-corrected chi connectivity index (χ4v) is 2.96. The van der Waals surface area contributed by atoms with Gasteiger partial charge < -0.3 is 19.7 Å². The van der Waals surface area contributed by atoms with Crippen LogP contribution in [0.2, 0.25) is 0 Å². The van der Waals surface area contributed by atoms with E-state index < -0.39 is 23.5 Å². The number of hydrogen-bond donors (Lipinski definition) is 1. The average Bonchev–Trinajstić information content (AvgIpc) is 2.89. The van der Waals surface area contributed by atoms with Gasteiger partial charge in [0, 0.05) is 33.0 Å². The SMILES string of the molecule is CN1CC(C(=O)NCc2ccc(OC3CCOCC3)cc2)C(=O)C1=O. The van der Waals surface area contributed by atoms with E-state index >= 15 is 0 Å². The first-order valence-electron chi connectivity index (χ1n) is 8.45. The van der Waals surface area contributed by atoms with Gasteiger partial charge in [-0.15, -0.1) is 0 Å². The number of ether oxygens (including phenoxy) is 2. The van der Waals surface area contributed by atoms with Crippen molar-refractivity contribution in [1.29, 1.82) is 0 Å². The van der Waals surface area contributed by atoms with Gasteiger partial charge in [0.15, 0.2) is 0 Å². The molecule has 2 amide bonds. The van der Waals surface area contributed by atoms with Gasteiger partial charge in [-0.3, -0.25) is 14.4 Å². The van der Waals surface area contributed by atoms with Crippen molar-refractivity contribution in [2.24, 2.45) is 5.92 Å². The first-order valence-corrected chi connectivity index (χ1v) is 8.45. The highest BCUT2D eigenvalue weighted by Gasteiger charge is 2.41. The quantitative estimate of drug-likeness (QED) is 0.621. The monoisotopic (exact) mass is 346 g/mol. The second-order valence-corrected chi connectivity index (χ2v) is 6.39. The number of carbonyl (C=O) groups is 3. The summed E-state index contributed by atoms with van der Waals surface area (Å²) in [5.74, 6) is -1.77. The number of carbonyl (C=O) groups excluding carboxylic acids is 3. The van der Waals surface area contributed by atoms with Gasteiger partial charge in [0.25, 0.3) is 5.91 Å². The Morgan fingerprint density at radius 2 is 1.92 bits per heavy atom. The Bertz CT molecular complexity index is 652. The van der Waals surface area contributed by atoms with Crippen molar-refractivity contribution < 1.29 is 23.9 Å². The van der Waals surface area contributed by atoms with Gasteiger partial charge in [-0.2, -0.15) is 0 Å². The van der Waals surface area contributed by atoms with E-state index in [1.54, 1.807) is 0 Å². The summed E-state index contributed by atoms with van der Waals surface area (Å²) < 4.78 is 11.2. The minimum atomic E-state index is -0.909. The molecule has 2 heterocycles. The molecule has 1 aromatic carbocycles. The van der Waals surface area contributed by atoms with E-state index in [0.717, 1.165) is 37.4 Å². The van der Waals surface area contributed by atoms with E-state index in [1.807, 2.05) is 24.3 Å². The van der Waals surface area contributed by atoms with E-state index in [9.17, 15) is 14.4 Å². The Kier molecular flexibility index (Phi) is 5.33. The molecule has 2 aliphatic heterocycles.